The Balaban J connectivity index is 2.17. The molecule has 0 N–H and O–H groups in total. The Morgan fingerprint density at radius 1 is 1.30 bits per heavy atom. The molecular weight excluding hydrogens is 402 g/mol. The number of alkyl halides is 1. The minimum Gasteiger partial charge on any atom is -0.466 e. The van der Waals surface area contributed by atoms with E-state index in [1.807, 2.05) is 36.6 Å². The normalized spacial score (nSPS) is 11.8. The van der Waals surface area contributed by atoms with Gasteiger partial charge in [-0.1, -0.05) is 6.92 Å². The van der Waals surface area contributed by atoms with Crippen LogP contribution in [-0.4, -0.2) is 33.8 Å². The van der Waals surface area contributed by atoms with Crippen LogP contribution in [0.3, 0.4) is 0 Å². The van der Waals surface area contributed by atoms with Crippen LogP contribution in [0.25, 0.3) is 16.7 Å². The van der Waals surface area contributed by atoms with Crippen molar-refractivity contribution in [2.24, 2.45) is 0 Å². The van der Waals surface area contributed by atoms with Gasteiger partial charge in [0.2, 0.25) is 0 Å². The molecule has 7 heteroatoms. The summed E-state index contributed by atoms with van der Waals surface area (Å²) < 4.78 is 6.99. The predicted octanol–water partition coefficient (Wildman–Crippen LogP) is 4.68. The maximum absolute atomic E-state index is 12.5. The fourth-order valence-electron chi connectivity index (χ4n) is 3.57. The van der Waals surface area contributed by atoms with Gasteiger partial charge in [0.15, 0.2) is 5.78 Å². The van der Waals surface area contributed by atoms with E-state index in [4.69, 9.17) is 21.6 Å². The number of carbonyl (C=O) groups excluding carboxylic acids is 2. The van der Waals surface area contributed by atoms with Crippen molar-refractivity contribution >= 4 is 34.4 Å². The number of ether oxygens (including phenoxy) is 1. The lowest BCUT2D eigenvalue weighted by molar-refractivity contribution is -0.143. The Hall–Kier alpha value is -3.17. The van der Waals surface area contributed by atoms with Crippen molar-refractivity contribution in [3.63, 3.8) is 0 Å². The van der Waals surface area contributed by atoms with Crippen molar-refractivity contribution in [3.05, 3.63) is 58.9 Å². The molecule has 1 atom stereocenters. The lowest BCUT2D eigenvalue weighted by Gasteiger charge is -2.13. The molecule has 6 nitrogen and oxygen atoms in total. The SMILES string of the molecule is CCOC(=O)CC(C)c1cnc2c(C(=O)CCl)c(C)n(-c3ccc(C#N)cc3)c2c1. The van der Waals surface area contributed by atoms with Gasteiger partial charge in [0.1, 0.15) is 0 Å². The monoisotopic (exact) mass is 423 g/mol. The van der Waals surface area contributed by atoms with Crippen LogP contribution in [-0.2, 0) is 9.53 Å². The molecule has 0 aliphatic carbocycles. The second-order valence-corrected chi connectivity index (χ2v) is 7.33. The molecule has 1 aromatic carbocycles. The number of hydrogen-bond acceptors (Lipinski definition) is 5. The number of aromatic nitrogens is 2. The molecule has 0 spiro atoms. The van der Waals surface area contributed by atoms with E-state index in [9.17, 15) is 9.59 Å². The van der Waals surface area contributed by atoms with E-state index in [2.05, 4.69) is 11.1 Å². The fourth-order valence-corrected chi connectivity index (χ4v) is 3.70. The molecule has 0 bridgehead atoms. The quantitative estimate of drug-likeness (QED) is 0.313. The average Bonchev–Trinajstić information content (AvgIpc) is 3.04. The molecule has 0 radical (unpaired) electrons. The Morgan fingerprint density at radius 2 is 2.00 bits per heavy atom. The number of Topliss-reactive ketones (excluding diaryl/α,β-unsaturated/α-hetero) is 1. The predicted molar refractivity (Wildman–Crippen MR) is 115 cm³/mol. The first-order chi connectivity index (χ1) is 14.4. The number of fused-ring (bicyclic) bond motifs is 1. The summed E-state index contributed by atoms with van der Waals surface area (Å²) in [7, 11) is 0. The number of rotatable bonds is 7. The molecule has 154 valence electrons. The molecular formula is C23H22ClN3O3. The lowest BCUT2D eigenvalue weighted by atomic mass is 9.99. The van der Waals surface area contributed by atoms with Crippen molar-refractivity contribution < 1.29 is 14.3 Å². The molecule has 3 rings (SSSR count). The number of ketones is 1. The van der Waals surface area contributed by atoms with Gasteiger partial charge in [0, 0.05) is 17.6 Å². The molecule has 0 aliphatic heterocycles. The van der Waals surface area contributed by atoms with E-state index in [1.54, 1.807) is 25.3 Å². The number of pyridine rings is 1. The molecule has 0 amide bonds. The lowest BCUT2D eigenvalue weighted by Crippen LogP contribution is -2.08. The van der Waals surface area contributed by atoms with Crippen molar-refractivity contribution in [3.8, 4) is 11.8 Å². The highest BCUT2D eigenvalue weighted by atomic mass is 35.5. The van der Waals surface area contributed by atoms with Crippen LogP contribution in [0.5, 0.6) is 0 Å². The molecule has 2 aromatic heterocycles. The number of carbonyl (C=O) groups is 2. The van der Waals surface area contributed by atoms with Gasteiger partial charge in [-0.2, -0.15) is 5.26 Å². The minimum absolute atomic E-state index is 0.0993. The minimum atomic E-state index is -0.262. The average molecular weight is 424 g/mol. The first kappa shape index (κ1) is 21.5. The van der Waals surface area contributed by atoms with Crippen LogP contribution in [0, 0.1) is 18.3 Å². The fraction of sp³-hybridized carbons (Fsp3) is 0.304. The van der Waals surface area contributed by atoms with E-state index >= 15 is 0 Å². The zero-order chi connectivity index (χ0) is 21.8. The largest absolute Gasteiger partial charge is 0.466 e. The highest BCUT2D eigenvalue weighted by molar-refractivity contribution is 6.32. The van der Waals surface area contributed by atoms with Gasteiger partial charge in [-0.05, 0) is 55.7 Å². The van der Waals surface area contributed by atoms with Crippen molar-refractivity contribution in [1.29, 1.82) is 5.26 Å². The summed E-state index contributed by atoms with van der Waals surface area (Å²) in [5.74, 6) is -0.707. The molecule has 30 heavy (non-hydrogen) atoms. The third-order valence-corrected chi connectivity index (χ3v) is 5.31. The zero-order valence-electron chi connectivity index (χ0n) is 17.1. The summed E-state index contributed by atoms with van der Waals surface area (Å²) in [6.45, 7) is 5.90. The Morgan fingerprint density at radius 3 is 2.60 bits per heavy atom. The first-order valence-corrected chi connectivity index (χ1v) is 10.2. The van der Waals surface area contributed by atoms with Crippen molar-refractivity contribution in [2.45, 2.75) is 33.1 Å². The van der Waals surface area contributed by atoms with Crippen molar-refractivity contribution in [1.82, 2.24) is 9.55 Å². The third kappa shape index (κ3) is 4.07. The van der Waals surface area contributed by atoms with Crippen molar-refractivity contribution in [2.75, 3.05) is 12.5 Å². The van der Waals surface area contributed by atoms with Gasteiger partial charge in [-0.3, -0.25) is 14.6 Å². The number of benzene rings is 1. The number of hydrogen-bond donors (Lipinski definition) is 0. The van der Waals surface area contributed by atoms with E-state index in [1.165, 1.54) is 0 Å². The van der Waals surface area contributed by atoms with E-state index in [0.29, 0.717) is 23.3 Å². The van der Waals surface area contributed by atoms with Gasteiger partial charge >= 0.3 is 5.97 Å². The van der Waals surface area contributed by atoms with Gasteiger partial charge in [0.25, 0.3) is 0 Å². The molecule has 0 fully saturated rings. The van der Waals surface area contributed by atoms with Crippen LogP contribution >= 0.6 is 11.6 Å². The highest BCUT2D eigenvalue weighted by Gasteiger charge is 2.23. The molecule has 2 heterocycles. The molecule has 0 saturated carbocycles. The molecule has 1 unspecified atom stereocenters. The number of nitrogens with zero attached hydrogens (tertiary/aromatic N) is 3. The number of nitriles is 1. The summed E-state index contributed by atoms with van der Waals surface area (Å²) in [4.78, 5) is 29.0. The van der Waals surface area contributed by atoms with Gasteiger partial charge in [-0.25, -0.2) is 0 Å². The summed E-state index contributed by atoms with van der Waals surface area (Å²) in [6.07, 6.45) is 1.94. The summed E-state index contributed by atoms with van der Waals surface area (Å²) in [6, 6.07) is 11.2. The Labute approximate surface area is 180 Å². The van der Waals surface area contributed by atoms with E-state index < -0.39 is 0 Å². The Bertz CT molecular complexity index is 1140. The molecule has 3 aromatic rings. The summed E-state index contributed by atoms with van der Waals surface area (Å²) in [5, 5.41) is 9.08. The second-order valence-electron chi connectivity index (χ2n) is 7.06. The Kier molecular flexibility index (Phi) is 6.53. The summed E-state index contributed by atoms with van der Waals surface area (Å²) >= 11 is 5.85. The van der Waals surface area contributed by atoms with Crippen LogP contribution < -0.4 is 0 Å². The molecule has 0 saturated heterocycles. The van der Waals surface area contributed by atoms with Crippen LogP contribution in [0.15, 0.2) is 36.5 Å². The van der Waals surface area contributed by atoms with Gasteiger partial charge in [0.05, 0.1) is 47.1 Å². The van der Waals surface area contributed by atoms with Crippen LogP contribution in [0.4, 0.5) is 0 Å². The first-order valence-electron chi connectivity index (χ1n) is 9.67. The smallest absolute Gasteiger partial charge is 0.306 e. The third-order valence-electron chi connectivity index (χ3n) is 5.07. The maximum Gasteiger partial charge on any atom is 0.306 e. The zero-order valence-corrected chi connectivity index (χ0v) is 17.9. The van der Waals surface area contributed by atoms with Gasteiger partial charge in [-0.15, -0.1) is 11.6 Å². The standard InChI is InChI=1S/C23H22ClN3O3/c1-4-30-21(29)9-14(2)17-10-19-23(26-13-17)22(20(28)11-24)15(3)27(19)18-7-5-16(12-25)6-8-18/h5-8,10,13-14H,4,9,11H2,1-3H3. The second kappa shape index (κ2) is 9.10. The number of esters is 1. The van der Waals surface area contributed by atoms with Crippen LogP contribution in [0.2, 0.25) is 0 Å². The van der Waals surface area contributed by atoms with Gasteiger partial charge < -0.3 is 9.30 Å². The number of halogens is 1. The summed E-state index contributed by atoms with van der Waals surface area (Å²) in [5.41, 5.74) is 4.74. The van der Waals surface area contributed by atoms with E-state index in [0.717, 1.165) is 22.5 Å². The van der Waals surface area contributed by atoms with Crippen LogP contribution in [0.1, 0.15) is 53.4 Å². The topological polar surface area (TPSA) is 85.0 Å². The molecule has 0 aliphatic rings. The highest BCUT2D eigenvalue weighted by Crippen LogP contribution is 2.31. The maximum atomic E-state index is 12.5. The van der Waals surface area contributed by atoms with E-state index in [-0.39, 0.29) is 30.0 Å².